The van der Waals surface area contributed by atoms with Gasteiger partial charge >= 0.3 is 0 Å². The van der Waals surface area contributed by atoms with Crippen LogP contribution in [0.25, 0.3) is 0 Å². The van der Waals surface area contributed by atoms with Gasteiger partial charge in [0.1, 0.15) is 0 Å². The van der Waals surface area contributed by atoms with Crippen LogP contribution in [0.2, 0.25) is 0 Å². The number of thioether (sulfide) groups is 1. The van der Waals surface area contributed by atoms with E-state index >= 15 is 0 Å². The van der Waals surface area contributed by atoms with Crippen LogP contribution >= 0.6 is 11.8 Å². The summed E-state index contributed by atoms with van der Waals surface area (Å²) in [5, 5.41) is 3.76. The number of hydrogen-bond acceptors (Lipinski definition) is 4. The summed E-state index contributed by atoms with van der Waals surface area (Å²) < 4.78 is 4.81. The van der Waals surface area contributed by atoms with Gasteiger partial charge in [0.05, 0.1) is 11.5 Å². The van der Waals surface area contributed by atoms with Crippen LogP contribution in [-0.4, -0.2) is 15.9 Å². The maximum absolute atomic E-state index is 4.81. The molecule has 12 heavy (non-hydrogen) atoms. The van der Waals surface area contributed by atoms with Gasteiger partial charge in [-0.15, -0.1) is 17.7 Å². The minimum Gasteiger partial charge on any atom is -0.340 e. The average molecular weight is 182 g/mol. The second kappa shape index (κ2) is 4.83. The fourth-order valence-electron chi connectivity index (χ4n) is 0.665. The third kappa shape index (κ3) is 2.97. The van der Waals surface area contributed by atoms with E-state index in [1.165, 1.54) is 0 Å². The predicted octanol–water partition coefficient (Wildman–Crippen LogP) is 1.63. The Labute approximate surface area is 75.9 Å². The van der Waals surface area contributed by atoms with E-state index in [1.54, 1.807) is 18.7 Å². The molecule has 1 heterocycles. The van der Waals surface area contributed by atoms with Crippen molar-refractivity contribution in [2.45, 2.75) is 19.6 Å². The van der Waals surface area contributed by atoms with Gasteiger partial charge in [0.25, 0.3) is 0 Å². The fraction of sp³-hybridized carbons (Fsp3) is 0.500. The highest BCUT2D eigenvalue weighted by Crippen LogP contribution is 2.07. The molecular weight excluding hydrogens is 172 g/mol. The number of aryl methyl sites for hydroxylation is 1. The summed E-state index contributed by atoms with van der Waals surface area (Å²) in [5.41, 5.74) is 0. The molecule has 0 aliphatic carbocycles. The molecule has 0 fully saturated rings. The number of rotatable bonds is 3. The zero-order valence-corrected chi connectivity index (χ0v) is 7.94. The van der Waals surface area contributed by atoms with Crippen molar-refractivity contribution in [1.29, 1.82) is 0 Å². The quantitative estimate of drug-likeness (QED) is 0.526. The van der Waals surface area contributed by atoms with Gasteiger partial charge in [-0.2, -0.15) is 4.98 Å². The van der Waals surface area contributed by atoms with E-state index in [-0.39, 0.29) is 0 Å². The molecule has 4 heteroatoms. The Bertz CT molecular complexity index is 297. The molecule has 0 spiro atoms. The van der Waals surface area contributed by atoms with Gasteiger partial charge in [-0.3, -0.25) is 0 Å². The third-order valence-electron chi connectivity index (χ3n) is 1.15. The van der Waals surface area contributed by atoms with Crippen LogP contribution < -0.4 is 0 Å². The molecule has 0 radical (unpaired) electrons. The molecule has 0 saturated heterocycles. The molecule has 0 N–H and O–H groups in total. The van der Waals surface area contributed by atoms with Crippen LogP contribution in [-0.2, 0) is 5.75 Å². The summed E-state index contributed by atoms with van der Waals surface area (Å²) in [6, 6.07) is 0. The molecule has 64 valence electrons. The molecular formula is C8H10N2OS. The fourth-order valence-corrected chi connectivity index (χ4v) is 1.31. The van der Waals surface area contributed by atoms with Crippen molar-refractivity contribution in [3.8, 4) is 11.8 Å². The number of hydrogen-bond donors (Lipinski definition) is 0. The SMILES string of the molecule is CC#CCSCc1noc(C)n1. The lowest BCUT2D eigenvalue weighted by Crippen LogP contribution is -1.84. The van der Waals surface area contributed by atoms with Crippen LogP contribution in [0, 0.1) is 18.8 Å². The summed E-state index contributed by atoms with van der Waals surface area (Å²) in [6.45, 7) is 3.62. The lowest BCUT2D eigenvalue weighted by atomic mass is 10.7. The largest absolute Gasteiger partial charge is 0.340 e. The van der Waals surface area contributed by atoms with Gasteiger partial charge in [-0.25, -0.2) is 0 Å². The maximum Gasteiger partial charge on any atom is 0.223 e. The molecule has 0 saturated carbocycles. The maximum atomic E-state index is 4.81. The number of nitrogens with zero attached hydrogens (tertiary/aromatic N) is 2. The Hall–Kier alpha value is -0.950. The molecule has 0 aliphatic heterocycles. The van der Waals surface area contributed by atoms with Crippen molar-refractivity contribution in [2.24, 2.45) is 0 Å². The summed E-state index contributed by atoms with van der Waals surface area (Å²) in [4.78, 5) is 4.06. The van der Waals surface area contributed by atoms with E-state index in [0.29, 0.717) is 5.89 Å². The Balaban J connectivity index is 2.27. The Morgan fingerprint density at radius 3 is 3.00 bits per heavy atom. The van der Waals surface area contributed by atoms with Gasteiger partial charge in [-0.1, -0.05) is 11.1 Å². The number of aromatic nitrogens is 2. The van der Waals surface area contributed by atoms with Gasteiger partial charge in [0, 0.05) is 6.92 Å². The molecule has 1 aromatic heterocycles. The second-order valence-electron chi connectivity index (χ2n) is 2.15. The Morgan fingerprint density at radius 2 is 2.42 bits per heavy atom. The molecule has 3 nitrogen and oxygen atoms in total. The Kier molecular flexibility index (Phi) is 3.68. The minimum absolute atomic E-state index is 0.618. The van der Waals surface area contributed by atoms with Gasteiger partial charge in [0.2, 0.25) is 5.89 Å². The van der Waals surface area contributed by atoms with Gasteiger partial charge in [0.15, 0.2) is 5.82 Å². The van der Waals surface area contributed by atoms with Crippen LogP contribution in [0.15, 0.2) is 4.52 Å². The molecule has 0 atom stereocenters. The molecule has 0 aromatic carbocycles. The van der Waals surface area contributed by atoms with E-state index in [4.69, 9.17) is 4.52 Å². The van der Waals surface area contributed by atoms with Crippen molar-refractivity contribution < 1.29 is 4.52 Å². The van der Waals surface area contributed by atoms with Gasteiger partial charge < -0.3 is 4.52 Å². The zero-order valence-electron chi connectivity index (χ0n) is 7.13. The van der Waals surface area contributed by atoms with Crippen LogP contribution in [0.5, 0.6) is 0 Å². The minimum atomic E-state index is 0.618. The average Bonchev–Trinajstić information content (AvgIpc) is 2.45. The highest BCUT2D eigenvalue weighted by atomic mass is 32.2. The van der Waals surface area contributed by atoms with E-state index < -0.39 is 0 Å². The van der Waals surface area contributed by atoms with E-state index in [2.05, 4.69) is 22.0 Å². The van der Waals surface area contributed by atoms with E-state index in [0.717, 1.165) is 17.3 Å². The Morgan fingerprint density at radius 1 is 1.58 bits per heavy atom. The monoisotopic (exact) mass is 182 g/mol. The zero-order chi connectivity index (χ0) is 8.81. The van der Waals surface area contributed by atoms with Crippen molar-refractivity contribution in [3.05, 3.63) is 11.7 Å². The van der Waals surface area contributed by atoms with E-state index in [1.807, 2.05) is 6.92 Å². The highest BCUT2D eigenvalue weighted by molar-refractivity contribution is 7.98. The molecule has 0 aliphatic rings. The first-order valence-corrected chi connectivity index (χ1v) is 4.75. The molecule has 1 aromatic rings. The van der Waals surface area contributed by atoms with Crippen molar-refractivity contribution in [3.63, 3.8) is 0 Å². The summed E-state index contributed by atoms with van der Waals surface area (Å²) in [5.74, 6) is 8.73. The predicted molar refractivity (Wildman–Crippen MR) is 48.6 cm³/mol. The normalized spacial score (nSPS) is 9.17. The lowest BCUT2D eigenvalue weighted by Gasteiger charge is -1.87. The summed E-state index contributed by atoms with van der Waals surface area (Å²) in [7, 11) is 0. The molecule has 1 rings (SSSR count). The molecule has 0 amide bonds. The van der Waals surface area contributed by atoms with Crippen molar-refractivity contribution in [1.82, 2.24) is 10.1 Å². The van der Waals surface area contributed by atoms with Crippen LogP contribution in [0.4, 0.5) is 0 Å². The highest BCUT2D eigenvalue weighted by Gasteiger charge is 2.00. The van der Waals surface area contributed by atoms with Crippen LogP contribution in [0.3, 0.4) is 0 Å². The smallest absolute Gasteiger partial charge is 0.223 e. The first-order valence-electron chi connectivity index (χ1n) is 3.59. The van der Waals surface area contributed by atoms with Crippen molar-refractivity contribution in [2.75, 3.05) is 5.75 Å². The topological polar surface area (TPSA) is 38.9 Å². The van der Waals surface area contributed by atoms with Crippen LogP contribution in [0.1, 0.15) is 18.6 Å². The first-order chi connectivity index (χ1) is 5.83. The standard InChI is InChI=1S/C8H10N2OS/c1-3-4-5-12-6-8-9-7(2)11-10-8/h5-6H2,1-2H3. The third-order valence-corrected chi connectivity index (χ3v) is 1.96. The molecule has 0 unspecified atom stereocenters. The van der Waals surface area contributed by atoms with Gasteiger partial charge in [-0.05, 0) is 6.92 Å². The summed E-state index contributed by atoms with van der Waals surface area (Å²) >= 11 is 1.69. The lowest BCUT2D eigenvalue weighted by molar-refractivity contribution is 0.389. The molecule has 0 bridgehead atoms. The summed E-state index contributed by atoms with van der Waals surface area (Å²) in [6.07, 6.45) is 0. The van der Waals surface area contributed by atoms with E-state index in [9.17, 15) is 0 Å². The van der Waals surface area contributed by atoms with Crippen molar-refractivity contribution >= 4 is 11.8 Å². The second-order valence-corrected chi connectivity index (χ2v) is 3.13. The first kappa shape index (κ1) is 9.14.